The fourth-order valence-corrected chi connectivity index (χ4v) is 3.22. The van der Waals surface area contributed by atoms with Gasteiger partial charge in [-0.05, 0) is 18.2 Å². The lowest BCUT2D eigenvalue weighted by Crippen LogP contribution is -2.72. The number of halogens is 2. The number of hydrogen-bond acceptors (Lipinski definition) is 4. The third-order valence-electron chi connectivity index (χ3n) is 4.64. The first-order valence-electron chi connectivity index (χ1n) is 8.64. The first-order chi connectivity index (χ1) is 13.1. The minimum absolute atomic E-state index is 0.341. The van der Waals surface area contributed by atoms with Crippen LogP contribution in [0.4, 0.5) is 14.6 Å². The monoisotopic (exact) mass is 369 g/mol. The molecule has 0 spiro atoms. The maximum absolute atomic E-state index is 14.5. The Morgan fingerprint density at radius 1 is 1.37 bits per heavy atom. The summed E-state index contributed by atoms with van der Waals surface area (Å²) < 4.78 is 27.6. The summed E-state index contributed by atoms with van der Waals surface area (Å²) in [6, 6.07) is 6.77. The fraction of sp³-hybridized carbons (Fsp3) is 0.211. The Kier molecular flexibility index (Phi) is 4.41. The van der Waals surface area contributed by atoms with E-state index in [2.05, 4.69) is 15.2 Å². The van der Waals surface area contributed by atoms with E-state index < -0.39 is 12.0 Å². The molecule has 6 nitrogen and oxygen atoms in total. The lowest BCUT2D eigenvalue weighted by atomic mass is 10.0. The van der Waals surface area contributed by atoms with Crippen molar-refractivity contribution in [1.82, 2.24) is 15.2 Å². The topological polar surface area (TPSA) is 85.3 Å². The first kappa shape index (κ1) is 17.3. The number of quaternary nitrogens is 1. The molecule has 27 heavy (non-hydrogen) atoms. The average Bonchev–Trinajstić information content (AvgIpc) is 3.06. The minimum Gasteiger partial charge on any atom is -0.351 e. The number of nitrogens with two attached hydrogens (primary N) is 1. The number of benzene rings is 1. The van der Waals surface area contributed by atoms with Crippen molar-refractivity contribution in [2.45, 2.75) is 6.17 Å². The van der Waals surface area contributed by atoms with E-state index in [0.29, 0.717) is 41.3 Å². The number of fused-ring (bicyclic) bond motifs is 1. The quantitative estimate of drug-likeness (QED) is 0.602. The summed E-state index contributed by atoms with van der Waals surface area (Å²) >= 11 is 0. The van der Waals surface area contributed by atoms with Crippen LogP contribution in [0.15, 0.2) is 36.7 Å². The number of pyridine rings is 1. The van der Waals surface area contributed by atoms with Gasteiger partial charge in [-0.2, -0.15) is 5.10 Å². The molecule has 0 saturated carbocycles. The normalized spacial score (nSPS) is 15.2. The molecule has 8 heteroatoms. The molecule has 4 N–H and O–H groups in total. The molecule has 1 fully saturated rings. The molecular weight excluding hydrogens is 350 g/mol. The van der Waals surface area contributed by atoms with E-state index in [4.69, 9.17) is 5.41 Å². The number of allylic oxidation sites excluding steroid dienone is 1. The molecule has 0 unspecified atom stereocenters. The Balaban J connectivity index is 1.80. The minimum atomic E-state index is -0.811. The second kappa shape index (κ2) is 6.88. The van der Waals surface area contributed by atoms with Gasteiger partial charge in [0, 0.05) is 35.0 Å². The number of aromatic amines is 1. The standard InChI is InChI=1S/C19H18F2N6/c1-23-8-12(7-22)14-5-15-17(6-16(14)21)25-26-19(15)11-2-3-24-18(4-11)27-9-13(20)10-27/h2-8,13,22-23H,9-10H2,1H3,(H,25,26)/p+1/b12-8+,22-7?. The van der Waals surface area contributed by atoms with Crippen molar-refractivity contribution < 1.29 is 14.1 Å². The molecule has 138 valence electrons. The van der Waals surface area contributed by atoms with Gasteiger partial charge in [-0.25, -0.2) is 13.8 Å². The number of H-pyrrole nitrogens is 1. The highest BCUT2D eigenvalue weighted by Gasteiger charge is 2.27. The molecule has 2 aromatic heterocycles. The third-order valence-corrected chi connectivity index (χ3v) is 4.64. The number of nitrogens with one attached hydrogen (secondary N) is 2. The van der Waals surface area contributed by atoms with E-state index in [0.717, 1.165) is 17.2 Å². The zero-order chi connectivity index (χ0) is 19.0. The second-order valence-electron chi connectivity index (χ2n) is 6.45. The molecule has 0 bridgehead atoms. The lowest BCUT2D eigenvalue weighted by Gasteiger charge is -2.35. The van der Waals surface area contributed by atoms with Gasteiger partial charge in [0.15, 0.2) is 0 Å². The molecule has 0 atom stereocenters. The van der Waals surface area contributed by atoms with Crippen LogP contribution in [0.5, 0.6) is 0 Å². The molecule has 1 aliphatic heterocycles. The van der Waals surface area contributed by atoms with Crippen LogP contribution in [0.3, 0.4) is 0 Å². The predicted octanol–water partition coefficient (Wildman–Crippen LogP) is 2.11. The summed E-state index contributed by atoms with van der Waals surface area (Å²) in [5, 5.41) is 17.3. The van der Waals surface area contributed by atoms with Crippen molar-refractivity contribution in [3.05, 3.63) is 48.0 Å². The highest BCUT2D eigenvalue weighted by Crippen LogP contribution is 2.32. The van der Waals surface area contributed by atoms with Crippen molar-refractivity contribution in [2.75, 3.05) is 25.0 Å². The third kappa shape index (κ3) is 3.08. The number of nitrogens with zero attached hydrogens (tertiary/aromatic N) is 3. The number of aromatic nitrogens is 3. The smallest absolute Gasteiger partial charge is 0.135 e. The van der Waals surface area contributed by atoms with E-state index in [1.165, 1.54) is 6.07 Å². The number of rotatable bonds is 5. The molecule has 0 radical (unpaired) electrons. The van der Waals surface area contributed by atoms with Crippen LogP contribution in [0.2, 0.25) is 0 Å². The largest absolute Gasteiger partial charge is 0.351 e. The molecule has 1 aliphatic rings. The van der Waals surface area contributed by atoms with Crippen LogP contribution in [-0.2, 0) is 0 Å². The van der Waals surface area contributed by atoms with Crippen LogP contribution in [0.1, 0.15) is 5.56 Å². The Hall–Kier alpha value is -3.13. The fourth-order valence-electron chi connectivity index (χ4n) is 3.22. The van der Waals surface area contributed by atoms with Gasteiger partial charge in [0.2, 0.25) is 0 Å². The van der Waals surface area contributed by atoms with E-state index in [1.54, 1.807) is 23.8 Å². The predicted molar refractivity (Wildman–Crippen MR) is 101 cm³/mol. The van der Waals surface area contributed by atoms with Crippen LogP contribution < -0.4 is 10.2 Å². The second-order valence-corrected chi connectivity index (χ2v) is 6.45. The maximum Gasteiger partial charge on any atom is 0.135 e. The van der Waals surface area contributed by atoms with Gasteiger partial charge in [0.25, 0.3) is 0 Å². The maximum atomic E-state index is 14.5. The highest BCUT2D eigenvalue weighted by molar-refractivity contribution is 6.09. The Labute approximate surface area is 154 Å². The highest BCUT2D eigenvalue weighted by atomic mass is 19.1. The van der Waals surface area contributed by atoms with Gasteiger partial charge in [-0.15, -0.1) is 0 Å². The number of hydrogen-bond donors (Lipinski definition) is 3. The molecule has 3 heterocycles. The van der Waals surface area contributed by atoms with E-state index in [9.17, 15) is 8.78 Å². The van der Waals surface area contributed by atoms with Crippen molar-refractivity contribution in [3.63, 3.8) is 0 Å². The molecule has 1 aromatic carbocycles. The summed E-state index contributed by atoms with van der Waals surface area (Å²) in [7, 11) is 1.82. The molecular formula is C19H19F2N6+. The van der Waals surface area contributed by atoms with Gasteiger partial charge in [-0.1, -0.05) is 0 Å². The summed E-state index contributed by atoms with van der Waals surface area (Å²) in [6.07, 6.45) is 3.68. The summed E-state index contributed by atoms with van der Waals surface area (Å²) in [4.78, 5) is 6.16. The Morgan fingerprint density at radius 2 is 2.19 bits per heavy atom. The first-order valence-corrected chi connectivity index (χ1v) is 8.64. The molecule has 0 aliphatic carbocycles. The van der Waals surface area contributed by atoms with Crippen molar-refractivity contribution in [2.24, 2.45) is 0 Å². The van der Waals surface area contributed by atoms with E-state index >= 15 is 0 Å². The van der Waals surface area contributed by atoms with Crippen molar-refractivity contribution >= 4 is 28.5 Å². The van der Waals surface area contributed by atoms with Gasteiger partial charge in [0.1, 0.15) is 29.7 Å². The van der Waals surface area contributed by atoms with Crippen molar-refractivity contribution in [3.8, 4) is 11.3 Å². The number of anilines is 1. The number of alkyl halides is 1. The molecule has 1 saturated heterocycles. The van der Waals surface area contributed by atoms with E-state index in [1.807, 2.05) is 24.1 Å². The SMILES string of the molecule is C[NH2+]/C=C(\C=N)c1cc2c(-c3ccnc(N4CC(F)C4)c3)n[nH]c2cc1F. The summed E-state index contributed by atoms with van der Waals surface area (Å²) in [5.41, 5.74) is 2.87. The zero-order valence-corrected chi connectivity index (χ0v) is 14.7. The van der Waals surface area contributed by atoms with Crippen molar-refractivity contribution in [1.29, 1.82) is 5.41 Å². The molecule has 0 amide bonds. The van der Waals surface area contributed by atoms with Crippen LogP contribution in [0, 0.1) is 11.2 Å². The van der Waals surface area contributed by atoms with Gasteiger partial charge in [0.05, 0.1) is 31.2 Å². The average molecular weight is 369 g/mol. The van der Waals surface area contributed by atoms with Gasteiger partial charge < -0.3 is 15.6 Å². The zero-order valence-electron chi connectivity index (χ0n) is 14.7. The van der Waals surface area contributed by atoms with Crippen LogP contribution >= 0.6 is 0 Å². The lowest BCUT2D eigenvalue weighted by molar-refractivity contribution is -0.555. The van der Waals surface area contributed by atoms with Crippen LogP contribution in [-0.4, -0.2) is 47.7 Å². The van der Waals surface area contributed by atoms with Gasteiger partial charge in [-0.3, -0.25) is 5.10 Å². The summed E-state index contributed by atoms with van der Waals surface area (Å²) in [5.74, 6) is 0.278. The summed E-state index contributed by atoms with van der Waals surface area (Å²) in [6.45, 7) is 0.683. The molecule has 3 aromatic rings. The molecule has 4 rings (SSSR count). The Morgan fingerprint density at radius 3 is 2.89 bits per heavy atom. The van der Waals surface area contributed by atoms with Crippen LogP contribution in [0.25, 0.3) is 27.7 Å². The van der Waals surface area contributed by atoms with Gasteiger partial charge >= 0.3 is 0 Å². The van der Waals surface area contributed by atoms with E-state index in [-0.39, 0.29) is 0 Å². The Bertz CT molecular complexity index is 1040.